The Hall–Kier alpha value is -3.08. The third-order valence-electron chi connectivity index (χ3n) is 4.70. The lowest BCUT2D eigenvalue weighted by Crippen LogP contribution is -2.17. The minimum absolute atomic E-state index is 0.0660. The fourth-order valence-electron chi connectivity index (χ4n) is 3.30. The topological polar surface area (TPSA) is 71.2 Å². The number of H-pyrrole nitrogens is 1. The first kappa shape index (κ1) is 15.4. The van der Waals surface area contributed by atoms with Gasteiger partial charge in [0.2, 0.25) is 5.91 Å². The van der Waals surface area contributed by atoms with Crippen LogP contribution in [-0.4, -0.2) is 24.0 Å². The van der Waals surface area contributed by atoms with Crippen molar-refractivity contribution in [3.05, 3.63) is 65.9 Å². The summed E-state index contributed by atoms with van der Waals surface area (Å²) in [7, 11) is 1.33. The number of para-hydroxylation sites is 1. The molecule has 0 spiro atoms. The molecule has 25 heavy (non-hydrogen) atoms. The van der Waals surface area contributed by atoms with Crippen LogP contribution in [0.4, 0.5) is 5.69 Å². The molecule has 2 atom stereocenters. The van der Waals surface area contributed by atoms with Crippen LogP contribution in [0.15, 0.2) is 54.6 Å². The third kappa shape index (κ3) is 2.78. The number of nitrogens with one attached hydrogen (secondary N) is 2. The van der Waals surface area contributed by atoms with Crippen LogP contribution in [-0.2, 0) is 9.53 Å². The van der Waals surface area contributed by atoms with Crippen molar-refractivity contribution in [3.63, 3.8) is 0 Å². The zero-order valence-corrected chi connectivity index (χ0v) is 13.8. The highest BCUT2D eigenvalue weighted by atomic mass is 16.5. The molecule has 0 radical (unpaired) electrons. The van der Waals surface area contributed by atoms with E-state index in [2.05, 4.69) is 10.3 Å². The van der Waals surface area contributed by atoms with Crippen LogP contribution < -0.4 is 5.32 Å². The number of rotatable bonds is 4. The molecule has 1 aliphatic carbocycles. The van der Waals surface area contributed by atoms with Gasteiger partial charge in [-0.1, -0.05) is 48.5 Å². The molecule has 2 N–H and O–H groups in total. The van der Waals surface area contributed by atoms with Gasteiger partial charge >= 0.3 is 5.97 Å². The van der Waals surface area contributed by atoms with E-state index in [4.69, 9.17) is 4.74 Å². The van der Waals surface area contributed by atoms with Crippen molar-refractivity contribution >= 4 is 28.5 Å². The predicted octanol–water partition coefficient (Wildman–Crippen LogP) is 3.70. The molecule has 1 amide bonds. The summed E-state index contributed by atoms with van der Waals surface area (Å²) in [6.45, 7) is 0. The van der Waals surface area contributed by atoms with E-state index >= 15 is 0 Å². The highest BCUT2D eigenvalue weighted by molar-refractivity contribution is 6.11. The number of esters is 1. The van der Waals surface area contributed by atoms with Gasteiger partial charge in [0.1, 0.15) is 5.69 Å². The highest BCUT2D eigenvalue weighted by Crippen LogP contribution is 2.48. The van der Waals surface area contributed by atoms with Crippen LogP contribution in [0.5, 0.6) is 0 Å². The van der Waals surface area contributed by atoms with Crippen molar-refractivity contribution in [1.29, 1.82) is 0 Å². The van der Waals surface area contributed by atoms with E-state index < -0.39 is 5.97 Å². The molecular formula is C20H18N2O3. The largest absolute Gasteiger partial charge is 0.464 e. The van der Waals surface area contributed by atoms with Crippen molar-refractivity contribution in [2.75, 3.05) is 12.4 Å². The number of anilines is 1. The van der Waals surface area contributed by atoms with Crippen molar-refractivity contribution < 1.29 is 14.3 Å². The molecule has 0 bridgehead atoms. The van der Waals surface area contributed by atoms with Gasteiger partial charge < -0.3 is 15.0 Å². The highest BCUT2D eigenvalue weighted by Gasteiger charge is 2.44. The molecule has 3 aromatic rings. The van der Waals surface area contributed by atoms with Gasteiger partial charge in [0.05, 0.1) is 12.8 Å². The molecule has 2 aromatic carbocycles. The number of carbonyl (C=O) groups excluding carboxylic acids is 2. The molecule has 0 saturated heterocycles. The number of ether oxygens (including phenoxy) is 1. The lowest BCUT2D eigenvalue weighted by atomic mass is 10.1. The maximum atomic E-state index is 12.7. The number of benzene rings is 2. The third-order valence-corrected chi connectivity index (χ3v) is 4.70. The summed E-state index contributed by atoms with van der Waals surface area (Å²) in [5.41, 5.74) is 2.73. The minimum Gasteiger partial charge on any atom is -0.464 e. The number of fused-ring (bicyclic) bond motifs is 1. The Balaban J connectivity index is 1.60. The van der Waals surface area contributed by atoms with E-state index in [0.717, 1.165) is 17.3 Å². The fourth-order valence-corrected chi connectivity index (χ4v) is 3.30. The Labute approximate surface area is 145 Å². The number of amides is 1. The zero-order valence-electron chi connectivity index (χ0n) is 13.8. The van der Waals surface area contributed by atoms with Gasteiger partial charge in [-0.15, -0.1) is 0 Å². The Morgan fingerprint density at radius 2 is 1.80 bits per heavy atom. The van der Waals surface area contributed by atoms with Crippen LogP contribution in [0.3, 0.4) is 0 Å². The van der Waals surface area contributed by atoms with E-state index in [1.165, 1.54) is 12.7 Å². The second kappa shape index (κ2) is 6.09. The number of carbonyl (C=O) groups is 2. The molecule has 1 heterocycles. The summed E-state index contributed by atoms with van der Waals surface area (Å²) in [6, 6.07) is 17.5. The van der Waals surface area contributed by atoms with Crippen molar-refractivity contribution in [3.8, 4) is 0 Å². The average molecular weight is 334 g/mol. The van der Waals surface area contributed by atoms with Crippen LogP contribution in [0.1, 0.15) is 28.4 Å². The maximum absolute atomic E-state index is 12.7. The van der Waals surface area contributed by atoms with Crippen LogP contribution in [0.25, 0.3) is 10.9 Å². The second-order valence-electron chi connectivity index (χ2n) is 6.26. The SMILES string of the molecule is COC(=O)c1[nH]c2ccccc2c1NC(=O)[C@@H]1C[C@@H]1c1ccccc1. The number of hydrogen-bond acceptors (Lipinski definition) is 3. The summed E-state index contributed by atoms with van der Waals surface area (Å²) in [5.74, 6) is -0.389. The molecule has 1 fully saturated rings. The van der Waals surface area contributed by atoms with Gasteiger partial charge in [-0.3, -0.25) is 4.79 Å². The number of aromatic amines is 1. The Bertz CT molecular complexity index is 946. The molecule has 0 aliphatic heterocycles. The van der Waals surface area contributed by atoms with Crippen molar-refractivity contribution in [2.45, 2.75) is 12.3 Å². The molecule has 5 heteroatoms. The zero-order chi connectivity index (χ0) is 17.4. The molecule has 4 rings (SSSR count). The molecule has 0 unspecified atom stereocenters. The predicted molar refractivity (Wildman–Crippen MR) is 95.6 cm³/mol. The maximum Gasteiger partial charge on any atom is 0.356 e. The molecule has 126 valence electrons. The standard InChI is InChI=1S/C20H18N2O3/c1-25-20(24)18-17(13-9-5-6-10-16(13)21-18)22-19(23)15-11-14(15)12-7-3-2-4-8-12/h2-10,14-15,21H,11H2,1H3,(H,22,23)/t14-,15-/m1/s1. The fraction of sp³-hybridized carbons (Fsp3) is 0.200. The van der Waals surface area contributed by atoms with Crippen LogP contribution in [0.2, 0.25) is 0 Å². The van der Waals surface area contributed by atoms with Gasteiger partial charge in [-0.05, 0) is 24.0 Å². The summed E-state index contributed by atoms with van der Waals surface area (Å²) in [4.78, 5) is 27.8. The first-order chi connectivity index (χ1) is 12.2. The quantitative estimate of drug-likeness (QED) is 0.715. The lowest BCUT2D eigenvalue weighted by Gasteiger charge is -2.06. The van der Waals surface area contributed by atoms with E-state index in [1.54, 1.807) is 0 Å². The smallest absolute Gasteiger partial charge is 0.356 e. The lowest BCUT2D eigenvalue weighted by molar-refractivity contribution is -0.117. The van der Waals surface area contributed by atoms with Gasteiger partial charge in [-0.25, -0.2) is 4.79 Å². The minimum atomic E-state index is -0.498. The first-order valence-electron chi connectivity index (χ1n) is 8.24. The average Bonchev–Trinajstić information content (AvgIpc) is 3.39. The van der Waals surface area contributed by atoms with E-state index in [0.29, 0.717) is 5.69 Å². The van der Waals surface area contributed by atoms with E-state index in [-0.39, 0.29) is 23.4 Å². The van der Waals surface area contributed by atoms with Crippen LogP contribution >= 0.6 is 0 Å². The summed E-state index contributed by atoms with van der Waals surface area (Å²) in [5, 5.41) is 3.74. The number of methoxy groups -OCH3 is 1. The number of hydrogen-bond donors (Lipinski definition) is 2. The molecule has 1 saturated carbocycles. The van der Waals surface area contributed by atoms with E-state index in [9.17, 15) is 9.59 Å². The number of aromatic nitrogens is 1. The van der Waals surface area contributed by atoms with E-state index in [1.807, 2.05) is 54.6 Å². The van der Waals surface area contributed by atoms with Gasteiger partial charge in [0, 0.05) is 16.8 Å². The van der Waals surface area contributed by atoms with Gasteiger partial charge in [0.15, 0.2) is 0 Å². The molecule has 1 aromatic heterocycles. The van der Waals surface area contributed by atoms with Gasteiger partial charge in [0.25, 0.3) is 0 Å². The summed E-state index contributed by atoms with van der Waals surface area (Å²) < 4.78 is 4.83. The monoisotopic (exact) mass is 334 g/mol. The first-order valence-corrected chi connectivity index (χ1v) is 8.24. The van der Waals surface area contributed by atoms with Crippen LogP contribution in [0, 0.1) is 5.92 Å². The Morgan fingerprint density at radius 1 is 1.08 bits per heavy atom. The van der Waals surface area contributed by atoms with Crippen molar-refractivity contribution in [1.82, 2.24) is 4.98 Å². The molecule has 1 aliphatic rings. The normalized spacial score (nSPS) is 18.8. The van der Waals surface area contributed by atoms with Crippen molar-refractivity contribution in [2.24, 2.45) is 5.92 Å². The van der Waals surface area contributed by atoms with Gasteiger partial charge in [-0.2, -0.15) is 0 Å². The summed E-state index contributed by atoms with van der Waals surface area (Å²) in [6.07, 6.45) is 0.825. The second-order valence-corrected chi connectivity index (χ2v) is 6.26. The molecular weight excluding hydrogens is 316 g/mol. The molecule has 5 nitrogen and oxygen atoms in total. The Kier molecular flexibility index (Phi) is 3.76. The summed E-state index contributed by atoms with van der Waals surface area (Å²) >= 11 is 0. The Morgan fingerprint density at radius 3 is 2.56 bits per heavy atom.